The Morgan fingerprint density at radius 1 is 0.581 bits per heavy atom. The summed E-state index contributed by atoms with van der Waals surface area (Å²) in [7, 11) is 9.77. The standard InChI is InChI=1S/C23H32N2O6/c1-26-18-11-16(12-19(27-2)22(18)30-5)15-24-7-9-25(10-8-24)17-13-20(28-3)23(31-6)21(14-17)29-4/h11-14H,7-10,15H2,1-6H3. The summed E-state index contributed by atoms with van der Waals surface area (Å²) in [5.74, 6) is 3.89. The minimum absolute atomic E-state index is 0.606. The lowest BCUT2D eigenvalue weighted by atomic mass is 10.1. The van der Waals surface area contributed by atoms with E-state index in [0.29, 0.717) is 34.5 Å². The molecule has 31 heavy (non-hydrogen) atoms. The molecular formula is C23H32N2O6. The molecule has 1 saturated heterocycles. The summed E-state index contributed by atoms with van der Waals surface area (Å²) in [5, 5.41) is 0. The van der Waals surface area contributed by atoms with Crippen molar-refractivity contribution in [3.05, 3.63) is 29.8 Å². The summed E-state index contributed by atoms with van der Waals surface area (Å²) in [6.07, 6.45) is 0. The van der Waals surface area contributed by atoms with E-state index in [4.69, 9.17) is 28.4 Å². The molecule has 0 bridgehead atoms. The van der Waals surface area contributed by atoms with E-state index < -0.39 is 0 Å². The molecule has 8 nitrogen and oxygen atoms in total. The molecule has 0 saturated carbocycles. The van der Waals surface area contributed by atoms with Gasteiger partial charge in [0.05, 0.1) is 42.7 Å². The Kier molecular flexibility index (Phi) is 7.57. The second-order valence-electron chi connectivity index (χ2n) is 7.18. The Hall–Kier alpha value is -3.00. The highest BCUT2D eigenvalue weighted by Gasteiger charge is 2.22. The third kappa shape index (κ3) is 4.85. The van der Waals surface area contributed by atoms with Crippen molar-refractivity contribution in [2.45, 2.75) is 6.54 Å². The average molecular weight is 433 g/mol. The maximum atomic E-state index is 5.50. The number of rotatable bonds is 9. The second-order valence-corrected chi connectivity index (χ2v) is 7.18. The number of ether oxygens (including phenoxy) is 6. The third-order valence-electron chi connectivity index (χ3n) is 5.52. The highest BCUT2D eigenvalue weighted by atomic mass is 16.5. The van der Waals surface area contributed by atoms with Crippen LogP contribution in [0.1, 0.15) is 5.56 Å². The van der Waals surface area contributed by atoms with Crippen LogP contribution in [0.4, 0.5) is 5.69 Å². The molecule has 1 aliphatic heterocycles. The summed E-state index contributed by atoms with van der Waals surface area (Å²) < 4.78 is 32.8. The van der Waals surface area contributed by atoms with Crippen LogP contribution in [0, 0.1) is 0 Å². The van der Waals surface area contributed by atoms with E-state index in [9.17, 15) is 0 Å². The van der Waals surface area contributed by atoms with Crippen LogP contribution in [0.25, 0.3) is 0 Å². The first-order valence-corrected chi connectivity index (χ1v) is 10.1. The van der Waals surface area contributed by atoms with Crippen LogP contribution < -0.4 is 33.3 Å². The number of anilines is 1. The molecule has 0 atom stereocenters. The molecule has 170 valence electrons. The largest absolute Gasteiger partial charge is 0.493 e. The number of piperazine rings is 1. The molecule has 0 radical (unpaired) electrons. The summed E-state index contributed by atoms with van der Waals surface area (Å²) in [4.78, 5) is 4.74. The first kappa shape index (κ1) is 22.7. The molecule has 1 fully saturated rings. The van der Waals surface area contributed by atoms with Gasteiger partial charge in [-0.1, -0.05) is 0 Å². The van der Waals surface area contributed by atoms with Gasteiger partial charge in [0, 0.05) is 50.5 Å². The first-order chi connectivity index (χ1) is 15.1. The van der Waals surface area contributed by atoms with Crippen molar-refractivity contribution in [1.82, 2.24) is 4.90 Å². The zero-order valence-corrected chi connectivity index (χ0v) is 19.2. The van der Waals surface area contributed by atoms with Crippen molar-refractivity contribution < 1.29 is 28.4 Å². The number of hydrogen-bond donors (Lipinski definition) is 0. The molecule has 0 N–H and O–H groups in total. The van der Waals surface area contributed by atoms with E-state index in [0.717, 1.165) is 44.0 Å². The number of hydrogen-bond acceptors (Lipinski definition) is 8. The van der Waals surface area contributed by atoms with Gasteiger partial charge in [0.2, 0.25) is 11.5 Å². The van der Waals surface area contributed by atoms with Gasteiger partial charge in [0.15, 0.2) is 23.0 Å². The minimum Gasteiger partial charge on any atom is -0.493 e. The van der Waals surface area contributed by atoms with E-state index in [1.54, 1.807) is 42.7 Å². The van der Waals surface area contributed by atoms with E-state index in [1.165, 1.54) is 0 Å². The Morgan fingerprint density at radius 3 is 1.39 bits per heavy atom. The van der Waals surface area contributed by atoms with Crippen molar-refractivity contribution in [2.75, 3.05) is 73.7 Å². The minimum atomic E-state index is 0.606. The highest BCUT2D eigenvalue weighted by molar-refractivity contribution is 5.64. The Bertz CT molecular complexity index is 830. The van der Waals surface area contributed by atoms with Crippen LogP contribution in [0.3, 0.4) is 0 Å². The summed E-state index contributed by atoms with van der Waals surface area (Å²) in [5.41, 5.74) is 2.18. The first-order valence-electron chi connectivity index (χ1n) is 10.1. The van der Waals surface area contributed by atoms with Crippen molar-refractivity contribution in [3.63, 3.8) is 0 Å². The van der Waals surface area contributed by atoms with Crippen LogP contribution >= 0.6 is 0 Å². The molecule has 0 aliphatic carbocycles. The third-order valence-corrected chi connectivity index (χ3v) is 5.52. The Labute approximate surface area is 184 Å². The van der Waals surface area contributed by atoms with E-state index in [-0.39, 0.29) is 0 Å². The maximum Gasteiger partial charge on any atom is 0.203 e. The Morgan fingerprint density at radius 2 is 1.00 bits per heavy atom. The molecule has 0 spiro atoms. The van der Waals surface area contributed by atoms with Gasteiger partial charge < -0.3 is 33.3 Å². The molecule has 0 amide bonds. The number of nitrogens with zero attached hydrogens (tertiary/aromatic N) is 2. The molecule has 2 aromatic carbocycles. The van der Waals surface area contributed by atoms with Crippen LogP contribution in [0.2, 0.25) is 0 Å². The zero-order chi connectivity index (χ0) is 22.4. The molecular weight excluding hydrogens is 400 g/mol. The maximum absolute atomic E-state index is 5.50. The van der Waals surface area contributed by atoms with Gasteiger partial charge in [-0.3, -0.25) is 4.90 Å². The normalized spacial score (nSPS) is 14.2. The van der Waals surface area contributed by atoms with Crippen LogP contribution in [-0.2, 0) is 6.54 Å². The van der Waals surface area contributed by atoms with Crippen molar-refractivity contribution in [3.8, 4) is 34.5 Å². The predicted octanol–water partition coefficient (Wildman–Crippen LogP) is 3.06. The van der Waals surface area contributed by atoms with E-state index in [2.05, 4.69) is 9.80 Å². The zero-order valence-electron chi connectivity index (χ0n) is 19.2. The SMILES string of the molecule is COc1cc(CN2CCN(c3cc(OC)c(OC)c(OC)c3)CC2)cc(OC)c1OC. The van der Waals surface area contributed by atoms with Gasteiger partial charge in [-0.15, -0.1) is 0 Å². The molecule has 3 rings (SSSR count). The van der Waals surface area contributed by atoms with Gasteiger partial charge in [0.1, 0.15) is 0 Å². The van der Waals surface area contributed by atoms with Crippen molar-refractivity contribution >= 4 is 5.69 Å². The fraction of sp³-hybridized carbons (Fsp3) is 0.478. The highest BCUT2D eigenvalue weighted by Crippen LogP contribution is 2.41. The monoisotopic (exact) mass is 432 g/mol. The van der Waals surface area contributed by atoms with Crippen molar-refractivity contribution in [1.29, 1.82) is 0 Å². The quantitative estimate of drug-likeness (QED) is 0.599. The predicted molar refractivity (Wildman–Crippen MR) is 120 cm³/mol. The second kappa shape index (κ2) is 10.3. The lowest BCUT2D eigenvalue weighted by Crippen LogP contribution is -2.46. The summed E-state index contributed by atoms with van der Waals surface area (Å²) in [6.45, 7) is 4.44. The molecule has 2 aromatic rings. The van der Waals surface area contributed by atoms with Gasteiger partial charge >= 0.3 is 0 Å². The van der Waals surface area contributed by atoms with Crippen LogP contribution in [0.15, 0.2) is 24.3 Å². The smallest absolute Gasteiger partial charge is 0.203 e. The molecule has 1 aliphatic rings. The Balaban J connectivity index is 1.70. The lowest BCUT2D eigenvalue weighted by Gasteiger charge is -2.36. The summed E-state index contributed by atoms with van der Waals surface area (Å²) >= 11 is 0. The van der Waals surface area contributed by atoms with E-state index >= 15 is 0 Å². The topological polar surface area (TPSA) is 61.9 Å². The lowest BCUT2D eigenvalue weighted by molar-refractivity contribution is 0.248. The molecule has 8 heteroatoms. The van der Waals surface area contributed by atoms with E-state index in [1.807, 2.05) is 24.3 Å². The van der Waals surface area contributed by atoms with Gasteiger partial charge in [-0.2, -0.15) is 0 Å². The van der Waals surface area contributed by atoms with Crippen LogP contribution in [-0.4, -0.2) is 73.7 Å². The summed E-state index contributed by atoms with van der Waals surface area (Å²) in [6, 6.07) is 8.01. The van der Waals surface area contributed by atoms with Gasteiger partial charge in [-0.05, 0) is 17.7 Å². The van der Waals surface area contributed by atoms with Crippen LogP contribution in [0.5, 0.6) is 34.5 Å². The van der Waals surface area contributed by atoms with Gasteiger partial charge in [-0.25, -0.2) is 0 Å². The average Bonchev–Trinajstić information content (AvgIpc) is 2.82. The molecule has 0 aromatic heterocycles. The molecule has 1 heterocycles. The number of methoxy groups -OCH3 is 6. The fourth-order valence-corrected chi connectivity index (χ4v) is 3.90. The fourth-order valence-electron chi connectivity index (χ4n) is 3.90. The number of benzene rings is 2. The molecule has 0 unspecified atom stereocenters. The van der Waals surface area contributed by atoms with Crippen molar-refractivity contribution in [2.24, 2.45) is 0 Å². The van der Waals surface area contributed by atoms with Gasteiger partial charge in [0.25, 0.3) is 0 Å².